The highest BCUT2D eigenvalue weighted by atomic mass is 35.5. The van der Waals surface area contributed by atoms with Gasteiger partial charge in [-0.15, -0.1) is 12.4 Å². The van der Waals surface area contributed by atoms with E-state index in [9.17, 15) is 4.79 Å². The second-order valence-corrected chi connectivity index (χ2v) is 5.23. The third-order valence-corrected chi connectivity index (χ3v) is 3.78. The Bertz CT molecular complexity index is 575. The average molecular weight is 294 g/mol. The minimum atomic E-state index is 0. The van der Waals surface area contributed by atoms with Crippen LogP contribution in [0, 0.1) is 5.92 Å². The molecule has 0 spiro atoms. The van der Waals surface area contributed by atoms with E-state index in [1.54, 1.807) is 0 Å². The molecule has 1 aliphatic heterocycles. The number of fused-ring (bicyclic) bond motifs is 1. The Kier molecular flexibility index (Phi) is 5.04. The molecule has 1 fully saturated rings. The van der Waals surface area contributed by atoms with Gasteiger partial charge in [-0.1, -0.05) is 0 Å². The average Bonchev–Trinajstić information content (AvgIpc) is 3.07. The predicted molar refractivity (Wildman–Crippen MR) is 84.4 cm³/mol. The summed E-state index contributed by atoms with van der Waals surface area (Å²) >= 11 is 0. The molecule has 0 radical (unpaired) electrons. The maximum Gasteiger partial charge on any atom is 0.224 e. The number of benzene rings is 1. The Hall–Kier alpha value is -1.52. The van der Waals surface area contributed by atoms with E-state index in [2.05, 4.69) is 15.6 Å². The van der Waals surface area contributed by atoms with Crippen molar-refractivity contribution in [3.8, 4) is 0 Å². The van der Waals surface area contributed by atoms with Gasteiger partial charge in [-0.3, -0.25) is 4.79 Å². The summed E-state index contributed by atoms with van der Waals surface area (Å²) in [6.07, 6.45) is 4.69. The number of amides is 1. The van der Waals surface area contributed by atoms with E-state index in [0.29, 0.717) is 12.3 Å². The first-order valence-corrected chi connectivity index (χ1v) is 6.89. The number of hydrogen-bond donors (Lipinski definition) is 3. The summed E-state index contributed by atoms with van der Waals surface area (Å²) in [5.74, 6) is 0.777. The van der Waals surface area contributed by atoms with E-state index in [4.69, 9.17) is 0 Å². The molecule has 0 bridgehead atoms. The molecule has 2 aromatic rings. The van der Waals surface area contributed by atoms with Gasteiger partial charge in [0.1, 0.15) is 0 Å². The van der Waals surface area contributed by atoms with Crippen LogP contribution in [-0.4, -0.2) is 24.0 Å². The highest BCUT2D eigenvalue weighted by Gasteiger charge is 2.15. The molecule has 1 aromatic heterocycles. The second kappa shape index (κ2) is 6.77. The maximum atomic E-state index is 11.9. The van der Waals surface area contributed by atoms with E-state index >= 15 is 0 Å². The lowest BCUT2D eigenvalue weighted by molar-refractivity contribution is -0.116. The number of nitrogens with one attached hydrogen (secondary N) is 3. The predicted octanol–water partition coefficient (Wildman–Crippen LogP) is 2.92. The number of halogens is 1. The van der Waals surface area contributed by atoms with Gasteiger partial charge in [-0.2, -0.15) is 0 Å². The SMILES string of the molecule is Cl.O=C(CCC1CCNC1)Nc1ccc2[nH]ccc2c1. The van der Waals surface area contributed by atoms with E-state index in [1.165, 1.54) is 6.42 Å². The molecule has 108 valence electrons. The van der Waals surface area contributed by atoms with Crippen LogP contribution >= 0.6 is 12.4 Å². The highest BCUT2D eigenvalue weighted by molar-refractivity contribution is 5.93. The molecule has 1 unspecified atom stereocenters. The summed E-state index contributed by atoms with van der Waals surface area (Å²) in [5.41, 5.74) is 1.97. The number of aromatic amines is 1. The lowest BCUT2D eigenvalue weighted by atomic mass is 10.0. The molecule has 2 heterocycles. The molecule has 0 saturated carbocycles. The molecule has 1 aliphatic rings. The van der Waals surface area contributed by atoms with Crippen LogP contribution in [0.5, 0.6) is 0 Å². The number of H-pyrrole nitrogens is 1. The highest BCUT2D eigenvalue weighted by Crippen LogP contribution is 2.19. The largest absolute Gasteiger partial charge is 0.361 e. The Morgan fingerprint density at radius 1 is 1.35 bits per heavy atom. The zero-order chi connectivity index (χ0) is 13.1. The van der Waals surface area contributed by atoms with E-state index in [-0.39, 0.29) is 18.3 Å². The molecule has 5 heteroatoms. The fourth-order valence-electron chi connectivity index (χ4n) is 2.65. The molecule has 20 heavy (non-hydrogen) atoms. The smallest absolute Gasteiger partial charge is 0.224 e. The molecule has 3 N–H and O–H groups in total. The third kappa shape index (κ3) is 3.52. The van der Waals surface area contributed by atoms with Crippen molar-refractivity contribution in [1.82, 2.24) is 10.3 Å². The Balaban J connectivity index is 0.00000147. The van der Waals surface area contributed by atoms with Gasteiger partial charge in [-0.25, -0.2) is 0 Å². The zero-order valence-electron chi connectivity index (χ0n) is 11.3. The topological polar surface area (TPSA) is 56.9 Å². The third-order valence-electron chi connectivity index (χ3n) is 3.78. The van der Waals surface area contributed by atoms with E-state index in [0.717, 1.165) is 36.1 Å². The molecule has 1 atom stereocenters. The lowest BCUT2D eigenvalue weighted by Gasteiger charge is -2.08. The van der Waals surface area contributed by atoms with Crippen molar-refractivity contribution in [2.75, 3.05) is 18.4 Å². The van der Waals surface area contributed by atoms with Gasteiger partial charge in [-0.05, 0) is 56.1 Å². The van der Waals surface area contributed by atoms with Crippen molar-refractivity contribution in [1.29, 1.82) is 0 Å². The fourth-order valence-corrected chi connectivity index (χ4v) is 2.65. The Labute approximate surface area is 124 Å². The van der Waals surface area contributed by atoms with E-state index in [1.807, 2.05) is 30.5 Å². The van der Waals surface area contributed by atoms with Crippen LogP contribution in [0.3, 0.4) is 0 Å². The van der Waals surface area contributed by atoms with Crippen LogP contribution in [0.15, 0.2) is 30.5 Å². The van der Waals surface area contributed by atoms with Crippen LogP contribution in [-0.2, 0) is 4.79 Å². The minimum Gasteiger partial charge on any atom is -0.361 e. The van der Waals surface area contributed by atoms with Crippen molar-refractivity contribution >= 4 is 34.9 Å². The molecule has 4 nitrogen and oxygen atoms in total. The van der Waals surface area contributed by atoms with Gasteiger partial charge < -0.3 is 15.6 Å². The van der Waals surface area contributed by atoms with Gasteiger partial charge in [0.25, 0.3) is 0 Å². The van der Waals surface area contributed by atoms with Gasteiger partial charge in [0.05, 0.1) is 0 Å². The summed E-state index contributed by atoms with van der Waals surface area (Å²) in [5, 5.41) is 7.43. The van der Waals surface area contributed by atoms with Gasteiger partial charge in [0, 0.05) is 29.2 Å². The van der Waals surface area contributed by atoms with Crippen LogP contribution < -0.4 is 10.6 Å². The van der Waals surface area contributed by atoms with Crippen molar-refractivity contribution in [3.63, 3.8) is 0 Å². The van der Waals surface area contributed by atoms with Crippen LogP contribution in [0.25, 0.3) is 10.9 Å². The number of carbonyl (C=O) groups excluding carboxylic acids is 1. The van der Waals surface area contributed by atoms with Crippen LogP contribution in [0.1, 0.15) is 19.3 Å². The lowest BCUT2D eigenvalue weighted by Crippen LogP contribution is -2.14. The number of carbonyl (C=O) groups is 1. The molecule has 1 amide bonds. The number of aromatic nitrogens is 1. The Morgan fingerprint density at radius 3 is 3.05 bits per heavy atom. The summed E-state index contributed by atoms with van der Waals surface area (Å²) in [4.78, 5) is 15.0. The first-order chi connectivity index (χ1) is 9.31. The molecule has 0 aliphatic carbocycles. The maximum absolute atomic E-state index is 11.9. The molecular weight excluding hydrogens is 274 g/mol. The van der Waals surface area contributed by atoms with Crippen molar-refractivity contribution < 1.29 is 4.79 Å². The molecular formula is C15H20ClN3O. The van der Waals surface area contributed by atoms with Crippen LogP contribution in [0.4, 0.5) is 5.69 Å². The normalized spacial score (nSPS) is 17.9. The van der Waals surface area contributed by atoms with Gasteiger partial charge in [0.2, 0.25) is 5.91 Å². The number of rotatable bonds is 4. The summed E-state index contributed by atoms with van der Waals surface area (Å²) in [6, 6.07) is 7.94. The standard InChI is InChI=1S/C15H19N3O.ClH/c19-15(4-1-11-5-7-16-10-11)18-13-2-3-14-12(9-13)6-8-17-14;/h2-3,6,8-9,11,16-17H,1,4-5,7,10H2,(H,18,19);1H. The number of anilines is 1. The first-order valence-electron chi connectivity index (χ1n) is 6.89. The zero-order valence-corrected chi connectivity index (χ0v) is 12.1. The van der Waals surface area contributed by atoms with Crippen molar-refractivity contribution in [2.45, 2.75) is 19.3 Å². The Morgan fingerprint density at radius 2 is 2.25 bits per heavy atom. The molecule has 1 aromatic carbocycles. The fraction of sp³-hybridized carbons (Fsp3) is 0.400. The monoisotopic (exact) mass is 293 g/mol. The van der Waals surface area contributed by atoms with Crippen molar-refractivity contribution in [2.24, 2.45) is 5.92 Å². The van der Waals surface area contributed by atoms with E-state index < -0.39 is 0 Å². The summed E-state index contributed by atoms with van der Waals surface area (Å²) in [7, 11) is 0. The first kappa shape index (κ1) is 14.9. The molecule has 3 rings (SSSR count). The minimum absolute atomic E-state index is 0. The summed E-state index contributed by atoms with van der Waals surface area (Å²) in [6.45, 7) is 2.15. The van der Waals surface area contributed by atoms with Crippen LogP contribution in [0.2, 0.25) is 0 Å². The van der Waals surface area contributed by atoms with Crippen molar-refractivity contribution in [3.05, 3.63) is 30.5 Å². The number of hydrogen-bond acceptors (Lipinski definition) is 2. The van der Waals surface area contributed by atoms with Gasteiger partial charge in [0.15, 0.2) is 0 Å². The quantitative estimate of drug-likeness (QED) is 0.812. The van der Waals surface area contributed by atoms with Gasteiger partial charge >= 0.3 is 0 Å². The second-order valence-electron chi connectivity index (χ2n) is 5.23. The molecule has 1 saturated heterocycles. The summed E-state index contributed by atoms with van der Waals surface area (Å²) < 4.78 is 0.